The van der Waals surface area contributed by atoms with Gasteiger partial charge in [0.2, 0.25) is 0 Å². The lowest BCUT2D eigenvalue weighted by atomic mass is 10.1. The minimum atomic E-state index is -0.840. The van der Waals surface area contributed by atoms with Crippen molar-refractivity contribution in [2.75, 3.05) is 13.2 Å². The average molecular weight is 315 g/mol. The molecule has 1 saturated heterocycles. The van der Waals surface area contributed by atoms with Crippen LogP contribution in [0, 0.1) is 12.5 Å². The van der Waals surface area contributed by atoms with Gasteiger partial charge >= 0.3 is 5.69 Å². The number of benzene rings is 1. The maximum Gasteiger partial charge on any atom is 0.329 e. The van der Waals surface area contributed by atoms with Gasteiger partial charge < -0.3 is 9.84 Å². The Kier molecular flexibility index (Phi) is 4.00. The first-order chi connectivity index (χ1) is 10.9. The number of rotatable bonds is 5. The van der Waals surface area contributed by atoms with Gasteiger partial charge in [0.25, 0.3) is 0 Å². The molecular formula is C17H21N3O3. The topological polar surface area (TPSA) is 60.8 Å². The summed E-state index contributed by atoms with van der Waals surface area (Å²) in [6.45, 7) is 13.1. The fourth-order valence-electron chi connectivity index (χ4n) is 2.80. The lowest BCUT2D eigenvalue weighted by Gasteiger charge is -2.26. The number of aliphatic hydroxyl groups is 1. The minimum Gasteiger partial charge on any atom is -0.390 e. The highest BCUT2D eigenvalue weighted by atomic mass is 16.5. The maximum absolute atomic E-state index is 12.8. The summed E-state index contributed by atoms with van der Waals surface area (Å²) in [6.07, 6.45) is 0.473. The zero-order valence-corrected chi connectivity index (χ0v) is 13.5. The normalized spacial score (nSPS) is 15.6. The third-order valence-corrected chi connectivity index (χ3v) is 4.23. The molecule has 1 N–H and O–H groups in total. The van der Waals surface area contributed by atoms with Crippen molar-refractivity contribution in [2.24, 2.45) is 5.92 Å². The Morgan fingerprint density at radius 1 is 1.35 bits per heavy atom. The van der Waals surface area contributed by atoms with Gasteiger partial charge in [0.05, 0.1) is 36.4 Å². The molecule has 0 spiro atoms. The number of ether oxygens (including phenoxy) is 1. The molecule has 1 aromatic carbocycles. The van der Waals surface area contributed by atoms with Crippen LogP contribution in [0.2, 0.25) is 0 Å². The number of aryl methyl sites for hydroxylation is 1. The first-order valence-electron chi connectivity index (χ1n) is 7.80. The van der Waals surface area contributed by atoms with Crippen LogP contribution in [0.15, 0.2) is 23.0 Å². The Balaban J connectivity index is 2.06. The van der Waals surface area contributed by atoms with Crippen LogP contribution in [0.1, 0.15) is 20.3 Å². The van der Waals surface area contributed by atoms with Crippen molar-refractivity contribution in [3.63, 3.8) is 0 Å². The van der Waals surface area contributed by atoms with Crippen molar-refractivity contribution in [1.29, 1.82) is 0 Å². The molecule has 1 fully saturated rings. The summed E-state index contributed by atoms with van der Waals surface area (Å²) in [5, 5.41) is 9.95. The van der Waals surface area contributed by atoms with Gasteiger partial charge in [-0.3, -0.25) is 9.13 Å². The van der Waals surface area contributed by atoms with Crippen LogP contribution in [0.25, 0.3) is 15.9 Å². The van der Waals surface area contributed by atoms with Crippen molar-refractivity contribution in [3.05, 3.63) is 40.1 Å². The maximum atomic E-state index is 12.8. The van der Waals surface area contributed by atoms with Crippen LogP contribution in [-0.4, -0.2) is 33.1 Å². The lowest BCUT2D eigenvalue weighted by molar-refractivity contribution is -0.0393. The Morgan fingerprint density at radius 3 is 2.65 bits per heavy atom. The van der Waals surface area contributed by atoms with Gasteiger partial charge in [-0.05, 0) is 32.4 Å². The van der Waals surface area contributed by atoms with Gasteiger partial charge in [-0.15, -0.1) is 0 Å². The zero-order valence-electron chi connectivity index (χ0n) is 13.5. The quantitative estimate of drug-likeness (QED) is 0.860. The zero-order chi connectivity index (χ0) is 16.6. The average Bonchev–Trinajstić information content (AvgIpc) is 2.70. The number of imidazole rings is 1. The predicted molar refractivity (Wildman–Crippen MR) is 87.7 cm³/mol. The SMILES string of the molecule is [C-]#[N+]c1ccc2c(c1)n(CCC(C)(C)O)c(=O)n2CC1COC1. The molecule has 2 aromatic rings. The largest absolute Gasteiger partial charge is 0.390 e. The van der Waals surface area contributed by atoms with Gasteiger partial charge in [-0.1, -0.05) is 6.07 Å². The van der Waals surface area contributed by atoms with E-state index in [1.165, 1.54) is 0 Å². The molecule has 122 valence electrons. The van der Waals surface area contributed by atoms with Gasteiger partial charge in [0, 0.05) is 19.0 Å². The number of aromatic nitrogens is 2. The molecule has 0 bridgehead atoms. The monoisotopic (exact) mass is 315 g/mol. The third-order valence-electron chi connectivity index (χ3n) is 4.23. The molecule has 0 aliphatic carbocycles. The Hall–Kier alpha value is -2.10. The lowest BCUT2D eigenvalue weighted by Crippen LogP contribution is -2.36. The summed E-state index contributed by atoms with van der Waals surface area (Å²) in [4.78, 5) is 16.3. The van der Waals surface area contributed by atoms with Crippen molar-refractivity contribution in [3.8, 4) is 0 Å². The highest BCUT2D eigenvalue weighted by Gasteiger charge is 2.23. The predicted octanol–water partition coefficient (Wildman–Crippen LogP) is 2.16. The molecule has 0 unspecified atom stereocenters. The molecule has 0 saturated carbocycles. The fourth-order valence-corrected chi connectivity index (χ4v) is 2.80. The van der Waals surface area contributed by atoms with Crippen molar-refractivity contribution in [2.45, 2.75) is 39.0 Å². The summed E-state index contributed by atoms with van der Waals surface area (Å²) in [5.41, 5.74) is 1.18. The van der Waals surface area contributed by atoms with Crippen molar-refractivity contribution >= 4 is 16.7 Å². The van der Waals surface area contributed by atoms with Crippen LogP contribution in [0.3, 0.4) is 0 Å². The number of hydrogen-bond acceptors (Lipinski definition) is 3. The Labute approximate surface area is 134 Å². The van der Waals surface area contributed by atoms with Crippen molar-refractivity contribution < 1.29 is 9.84 Å². The molecule has 3 rings (SSSR count). The molecule has 2 heterocycles. The standard InChI is InChI=1S/C17H21N3O3/c1-17(2,22)6-7-19-15-8-13(18-3)4-5-14(15)20(16(19)21)9-12-10-23-11-12/h4-5,8,12,22H,6-7,9-11H2,1-2H3. The summed E-state index contributed by atoms with van der Waals surface area (Å²) in [6, 6.07) is 5.33. The van der Waals surface area contributed by atoms with Gasteiger partial charge in [-0.2, -0.15) is 0 Å². The first-order valence-corrected chi connectivity index (χ1v) is 7.80. The van der Waals surface area contributed by atoms with Crippen LogP contribution < -0.4 is 5.69 Å². The second kappa shape index (κ2) is 5.84. The molecule has 0 radical (unpaired) electrons. The van der Waals surface area contributed by atoms with Crippen molar-refractivity contribution in [1.82, 2.24) is 9.13 Å². The molecule has 0 atom stereocenters. The van der Waals surface area contributed by atoms with Crippen LogP contribution in [0.5, 0.6) is 0 Å². The van der Waals surface area contributed by atoms with E-state index in [1.807, 2.05) is 6.07 Å². The number of nitrogens with zero attached hydrogens (tertiary/aromatic N) is 3. The van der Waals surface area contributed by atoms with E-state index in [2.05, 4.69) is 4.85 Å². The highest BCUT2D eigenvalue weighted by molar-refractivity contribution is 5.80. The highest BCUT2D eigenvalue weighted by Crippen LogP contribution is 2.23. The van der Waals surface area contributed by atoms with Crippen LogP contribution in [0.4, 0.5) is 5.69 Å². The summed E-state index contributed by atoms with van der Waals surface area (Å²) in [5.74, 6) is 0.363. The van der Waals surface area contributed by atoms with Crippen LogP contribution in [-0.2, 0) is 17.8 Å². The van der Waals surface area contributed by atoms with E-state index in [0.29, 0.717) is 44.3 Å². The van der Waals surface area contributed by atoms with E-state index in [-0.39, 0.29) is 5.69 Å². The molecule has 1 aromatic heterocycles. The molecule has 6 nitrogen and oxygen atoms in total. The van der Waals surface area contributed by atoms with Gasteiger partial charge in [0.15, 0.2) is 5.69 Å². The smallest absolute Gasteiger partial charge is 0.329 e. The Morgan fingerprint density at radius 2 is 2.09 bits per heavy atom. The van der Waals surface area contributed by atoms with Gasteiger partial charge in [0.1, 0.15) is 0 Å². The molecule has 1 aliphatic rings. The molecule has 23 heavy (non-hydrogen) atoms. The second-order valence-electron chi connectivity index (χ2n) is 6.80. The Bertz CT molecular complexity index is 816. The van der Waals surface area contributed by atoms with Crippen LogP contribution >= 0.6 is 0 Å². The number of fused-ring (bicyclic) bond motifs is 1. The van der Waals surface area contributed by atoms with E-state index in [1.54, 1.807) is 35.1 Å². The molecule has 0 amide bonds. The fraction of sp³-hybridized carbons (Fsp3) is 0.529. The van der Waals surface area contributed by atoms with E-state index in [9.17, 15) is 9.90 Å². The van der Waals surface area contributed by atoms with E-state index < -0.39 is 5.60 Å². The second-order valence-corrected chi connectivity index (χ2v) is 6.80. The minimum absolute atomic E-state index is 0.0849. The summed E-state index contributed by atoms with van der Waals surface area (Å²) >= 11 is 0. The summed E-state index contributed by atoms with van der Waals surface area (Å²) < 4.78 is 8.63. The molecular weight excluding hydrogens is 294 g/mol. The van der Waals surface area contributed by atoms with E-state index in [4.69, 9.17) is 11.3 Å². The van der Waals surface area contributed by atoms with Gasteiger partial charge in [-0.25, -0.2) is 9.64 Å². The molecule has 6 heteroatoms. The third kappa shape index (κ3) is 3.16. The van der Waals surface area contributed by atoms with E-state index in [0.717, 1.165) is 11.0 Å². The summed E-state index contributed by atoms with van der Waals surface area (Å²) in [7, 11) is 0. The van der Waals surface area contributed by atoms with E-state index >= 15 is 0 Å². The first kappa shape index (κ1) is 15.8. The number of hydrogen-bond donors (Lipinski definition) is 1. The molecule has 1 aliphatic heterocycles.